The van der Waals surface area contributed by atoms with Crippen LogP contribution in [-0.4, -0.2) is 44.4 Å². The first-order valence-corrected chi connectivity index (χ1v) is 14.8. The van der Waals surface area contributed by atoms with E-state index in [1.807, 2.05) is 17.4 Å². The summed E-state index contributed by atoms with van der Waals surface area (Å²) in [6.07, 6.45) is 8.48. The largest absolute Gasteiger partial charge is 0.484 e. The van der Waals surface area contributed by atoms with Crippen molar-refractivity contribution in [3.8, 4) is 16.2 Å². The molecular weight excluding hydrogens is 518 g/mol. The molecule has 1 aliphatic heterocycles. The van der Waals surface area contributed by atoms with Crippen molar-refractivity contribution in [2.45, 2.75) is 38.7 Å². The number of methoxy groups -OCH3 is 1. The zero-order valence-electron chi connectivity index (χ0n) is 23.4. The predicted molar refractivity (Wildman–Crippen MR) is 163 cm³/mol. The van der Waals surface area contributed by atoms with Gasteiger partial charge in [0.15, 0.2) is 5.75 Å². The van der Waals surface area contributed by atoms with Crippen LogP contribution in [0.4, 0.5) is 0 Å². The molecule has 0 bridgehead atoms. The Kier molecular flexibility index (Phi) is 9.55. The van der Waals surface area contributed by atoms with Crippen molar-refractivity contribution in [2.75, 3.05) is 33.4 Å². The lowest BCUT2D eigenvalue weighted by molar-refractivity contribution is 0.0951. The quantitative estimate of drug-likeness (QED) is 0.172. The number of likely N-dealkylation sites (tertiary alicyclic amines) is 1. The van der Waals surface area contributed by atoms with Crippen molar-refractivity contribution >= 4 is 21.4 Å². The summed E-state index contributed by atoms with van der Waals surface area (Å²) in [5.41, 5.74) is 13.7. The van der Waals surface area contributed by atoms with Gasteiger partial charge in [-0.1, -0.05) is 55.5 Å². The average molecular weight is 558 g/mol. The third-order valence-electron chi connectivity index (χ3n) is 7.81. The van der Waals surface area contributed by atoms with Crippen LogP contribution in [0.2, 0.25) is 0 Å². The highest BCUT2D eigenvalue weighted by molar-refractivity contribution is 7.22. The molecule has 5 N–H and O–H groups in total. The summed E-state index contributed by atoms with van der Waals surface area (Å²) in [5, 5.41) is 1.29. The Hall–Kier alpha value is -3.16. The van der Waals surface area contributed by atoms with Crippen molar-refractivity contribution in [1.82, 2.24) is 21.4 Å². The van der Waals surface area contributed by atoms with Crippen LogP contribution in [0.3, 0.4) is 0 Å². The van der Waals surface area contributed by atoms with Crippen LogP contribution in [0.1, 0.15) is 31.7 Å². The number of ether oxygens (including phenoxy) is 2. The van der Waals surface area contributed by atoms with Gasteiger partial charge in [-0.25, -0.2) is 0 Å². The highest BCUT2D eigenvalue weighted by Crippen LogP contribution is 2.41. The normalized spacial score (nSPS) is 19.3. The Morgan fingerprint density at radius 3 is 2.67 bits per heavy atom. The third kappa shape index (κ3) is 6.58. The lowest BCUT2D eigenvalue weighted by Crippen LogP contribution is -2.46. The number of thiophene rings is 1. The van der Waals surface area contributed by atoms with Gasteiger partial charge >= 0.3 is 0 Å². The van der Waals surface area contributed by atoms with Crippen LogP contribution in [0, 0.1) is 18.1 Å². The van der Waals surface area contributed by atoms with Gasteiger partial charge in [0.1, 0.15) is 6.61 Å². The molecule has 2 heterocycles. The number of nitrogens with zero attached hydrogens (tertiary/aromatic N) is 1. The van der Waals surface area contributed by atoms with E-state index in [4.69, 9.17) is 15.3 Å². The number of hydrogen-bond donors (Lipinski definition) is 4. The van der Waals surface area contributed by atoms with Crippen LogP contribution >= 0.6 is 11.3 Å². The molecule has 0 saturated carbocycles. The number of benzene rings is 1. The molecule has 7 nitrogen and oxygen atoms in total. The van der Waals surface area contributed by atoms with Gasteiger partial charge in [-0.2, -0.15) is 11.1 Å². The number of allylic oxidation sites excluding steroid dienone is 3. The monoisotopic (exact) mass is 557 g/mol. The highest BCUT2D eigenvalue weighted by Gasteiger charge is 2.28. The Bertz CT molecular complexity index is 1360. The van der Waals surface area contributed by atoms with Gasteiger partial charge in [0, 0.05) is 46.8 Å². The molecule has 40 heavy (non-hydrogen) atoms. The number of hydrogen-bond acceptors (Lipinski definition) is 8. The minimum absolute atomic E-state index is 0.0328. The van der Waals surface area contributed by atoms with Crippen molar-refractivity contribution in [2.24, 2.45) is 11.8 Å². The molecule has 0 radical (unpaired) electrons. The fourth-order valence-electron chi connectivity index (χ4n) is 5.70. The molecule has 2 unspecified atom stereocenters. The minimum atomic E-state index is -0.0328. The Balaban J connectivity index is 1.36. The predicted octanol–water partition coefficient (Wildman–Crippen LogP) is 5.08. The van der Waals surface area contributed by atoms with E-state index in [2.05, 4.69) is 89.5 Å². The summed E-state index contributed by atoms with van der Waals surface area (Å²) < 4.78 is 13.3. The number of fused-ring (bicyclic) bond motifs is 1. The minimum Gasteiger partial charge on any atom is -0.484 e. The molecule has 1 saturated heterocycles. The van der Waals surface area contributed by atoms with Crippen LogP contribution in [0.25, 0.3) is 20.5 Å². The van der Waals surface area contributed by atoms with Gasteiger partial charge in [0.05, 0.1) is 6.10 Å². The summed E-state index contributed by atoms with van der Waals surface area (Å²) in [4.78, 5) is 3.69. The van der Waals surface area contributed by atoms with Crippen molar-refractivity contribution in [3.63, 3.8) is 0 Å². The number of nitrogens with two attached hydrogens (primary N) is 1. The van der Waals surface area contributed by atoms with Crippen LogP contribution in [0.5, 0.6) is 5.75 Å². The van der Waals surface area contributed by atoms with Crippen LogP contribution in [-0.2, 0) is 11.2 Å². The van der Waals surface area contributed by atoms with Gasteiger partial charge in [-0.05, 0) is 73.1 Å². The number of hydrazine groups is 3. The summed E-state index contributed by atoms with van der Waals surface area (Å²) in [7, 11) is 1.78. The molecule has 3 aromatic rings. The summed E-state index contributed by atoms with van der Waals surface area (Å²) >= 11 is 1.81. The van der Waals surface area contributed by atoms with E-state index in [1.54, 1.807) is 7.11 Å². The molecule has 0 spiro atoms. The lowest BCUT2D eigenvalue weighted by Gasteiger charge is -2.31. The fourth-order valence-corrected chi connectivity index (χ4v) is 6.90. The highest BCUT2D eigenvalue weighted by atomic mass is 32.1. The SMILES string of the molecule is C=C(CC1=CC=C(Cc2c(-c3c#cc(OCCN4CCCC4)cc3)sc3ccccc23)C(C)C1OC)NNNN. The first-order valence-electron chi connectivity index (χ1n) is 13.9. The number of rotatable bonds is 13. The van der Waals surface area contributed by atoms with Gasteiger partial charge in [-0.3, -0.25) is 10.7 Å². The van der Waals surface area contributed by atoms with Gasteiger partial charge in [0.2, 0.25) is 0 Å². The summed E-state index contributed by atoms with van der Waals surface area (Å²) in [6.45, 7) is 10.3. The van der Waals surface area contributed by atoms with Gasteiger partial charge in [0.25, 0.3) is 0 Å². The van der Waals surface area contributed by atoms with Crippen molar-refractivity contribution in [1.29, 1.82) is 0 Å². The maximum atomic E-state index is 5.99. The second kappa shape index (κ2) is 13.5. The smallest absolute Gasteiger partial charge is 0.170 e. The molecule has 8 heteroatoms. The third-order valence-corrected chi connectivity index (χ3v) is 9.05. The summed E-state index contributed by atoms with van der Waals surface area (Å²) in [6, 6.07) is 19.5. The fraction of sp³-hybridized carbons (Fsp3) is 0.375. The molecule has 0 amide bonds. The maximum absolute atomic E-state index is 5.99. The van der Waals surface area contributed by atoms with Crippen LogP contribution < -0.4 is 27.1 Å². The first kappa shape index (κ1) is 28.4. The molecule has 2 aliphatic rings. The van der Waals surface area contributed by atoms with E-state index in [9.17, 15) is 0 Å². The lowest BCUT2D eigenvalue weighted by atomic mass is 9.81. The van der Waals surface area contributed by atoms with E-state index < -0.39 is 0 Å². The second-order valence-corrected chi connectivity index (χ2v) is 11.5. The van der Waals surface area contributed by atoms with Crippen molar-refractivity contribution in [3.05, 3.63) is 89.7 Å². The van der Waals surface area contributed by atoms with Gasteiger partial charge in [-0.15, -0.1) is 11.3 Å². The molecule has 5 rings (SSSR count). The van der Waals surface area contributed by atoms with Crippen molar-refractivity contribution < 1.29 is 9.47 Å². The molecule has 1 fully saturated rings. The van der Waals surface area contributed by atoms with E-state index in [0.717, 1.165) is 30.0 Å². The second-order valence-electron chi connectivity index (χ2n) is 10.4. The maximum Gasteiger partial charge on any atom is 0.170 e. The van der Waals surface area contributed by atoms with E-state index in [0.29, 0.717) is 13.0 Å². The molecule has 1 aromatic heterocycles. The average Bonchev–Trinajstić information content (AvgIpc) is 3.62. The van der Waals surface area contributed by atoms with Crippen LogP contribution in [0.15, 0.2) is 72.0 Å². The Labute approximate surface area is 241 Å². The molecular formula is C32H39N5O2S. The van der Waals surface area contributed by atoms with E-state index in [-0.39, 0.29) is 12.0 Å². The zero-order chi connectivity index (χ0) is 27.9. The first-order chi connectivity index (χ1) is 19.6. The van der Waals surface area contributed by atoms with Gasteiger partial charge < -0.3 is 14.9 Å². The Morgan fingerprint density at radius 2 is 1.93 bits per heavy atom. The zero-order valence-corrected chi connectivity index (χ0v) is 24.2. The number of nitrogens with one attached hydrogen (secondary N) is 3. The van der Waals surface area contributed by atoms with E-state index in [1.165, 1.54) is 57.6 Å². The molecule has 2 aromatic carbocycles. The molecule has 210 valence electrons. The topological polar surface area (TPSA) is 83.8 Å². The summed E-state index contributed by atoms with van der Waals surface area (Å²) in [5.74, 6) is 6.25. The standard InChI is InChI=1S/C32H39N5O2S/c1-22(34-36-35-33)20-26-11-10-25(23(2)31(26)38-3)21-29-28-8-4-5-9-30(28)40-32(29)24-12-14-27(15-13-24)39-19-18-37-16-6-7-17-37/h4-5,8-12,14,23,31,34-36H,1,6-7,16-21,33H2,2-3H3. The molecule has 1 aliphatic carbocycles. The van der Waals surface area contributed by atoms with E-state index >= 15 is 0 Å². The molecule has 2 atom stereocenters. The Morgan fingerprint density at radius 1 is 1.12 bits per heavy atom.